The molecule has 0 spiro atoms. The van der Waals surface area contributed by atoms with Crippen molar-refractivity contribution in [2.75, 3.05) is 6.61 Å². The van der Waals surface area contributed by atoms with E-state index < -0.39 is 5.97 Å². The fourth-order valence-corrected chi connectivity index (χ4v) is 1.70. The monoisotopic (exact) mass is 264 g/mol. The summed E-state index contributed by atoms with van der Waals surface area (Å²) in [5, 5.41) is 8.45. The fraction of sp³-hybridized carbons (Fsp3) is 0.467. The Kier molecular flexibility index (Phi) is 7.51. The van der Waals surface area contributed by atoms with Gasteiger partial charge in [0, 0.05) is 25.9 Å². The molecule has 0 fully saturated rings. The lowest BCUT2D eigenvalue weighted by Crippen LogP contribution is -2.03. The number of carbonyl (C=O) groups is 2. The quantitative estimate of drug-likeness (QED) is 0.660. The van der Waals surface area contributed by atoms with Crippen LogP contribution in [-0.4, -0.2) is 23.5 Å². The average Bonchev–Trinajstić information content (AvgIpc) is 2.39. The predicted octanol–water partition coefficient (Wildman–Crippen LogP) is 2.81. The standard InChI is InChI=1S/C15H20O4/c16-14(8-4-10-15(17)18)9-5-11-19-12-13-6-2-1-3-7-13/h1-3,6-7H,4-5,8-12H2,(H,17,18). The number of ether oxygens (including phenoxy) is 1. The summed E-state index contributed by atoms with van der Waals surface area (Å²) >= 11 is 0. The Morgan fingerprint density at radius 2 is 1.68 bits per heavy atom. The number of hydrogen-bond acceptors (Lipinski definition) is 3. The highest BCUT2D eigenvalue weighted by molar-refractivity contribution is 5.78. The number of carboxylic acid groups (broad SMARTS) is 1. The molecule has 0 amide bonds. The van der Waals surface area contributed by atoms with E-state index in [1.165, 1.54) is 0 Å². The summed E-state index contributed by atoms with van der Waals surface area (Å²) in [7, 11) is 0. The van der Waals surface area contributed by atoms with Crippen LogP contribution in [0.1, 0.15) is 37.7 Å². The van der Waals surface area contributed by atoms with Crippen molar-refractivity contribution in [1.29, 1.82) is 0 Å². The number of Topliss-reactive ketones (excluding diaryl/α,β-unsaturated/α-hetero) is 1. The SMILES string of the molecule is O=C(O)CCCC(=O)CCCOCc1ccccc1. The zero-order valence-corrected chi connectivity index (χ0v) is 11.0. The largest absolute Gasteiger partial charge is 0.481 e. The first kappa shape index (κ1) is 15.4. The molecule has 0 aliphatic heterocycles. The van der Waals surface area contributed by atoms with E-state index in [4.69, 9.17) is 9.84 Å². The van der Waals surface area contributed by atoms with Crippen LogP contribution in [0, 0.1) is 0 Å². The molecule has 0 saturated carbocycles. The highest BCUT2D eigenvalue weighted by Gasteiger charge is 2.04. The summed E-state index contributed by atoms with van der Waals surface area (Å²) < 4.78 is 5.47. The van der Waals surface area contributed by atoms with Crippen LogP contribution in [0.15, 0.2) is 30.3 Å². The van der Waals surface area contributed by atoms with Crippen molar-refractivity contribution in [3.8, 4) is 0 Å². The molecule has 19 heavy (non-hydrogen) atoms. The molecule has 0 heterocycles. The Labute approximate surface area is 113 Å². The van der Waals surface area contributed by atoms with Gasteiger partial charge in [-0.15, -0.1) is 0 Å². The summed E-state index contributed by atoms with van der Waals surface area (Å²) in [6, 6.07) is 9.88. The second-order valence-corrected chi connectivity index (χ2v) is 4.43. The molecule has 1 aromatic rings. The topological polar surface area (TPSA) is 63.6 Å². The van der Waals surface area contributed by atoms with Crippen molar-refractivity contribution in [1.82, 2.24) is 0 Å². The number of benzene rings is 1. The van der Waals surface area contributed by atoms with E-state index in [-0.39, 0.29) is 12.2 Å². The molecule has 1 rings (SSSR count). The number of aliphatic carboxylic acids is 1. The molecule has 4 heteroatoms. The summed E-state index contributed by atoms with van der Waals surface area (Å²) in [4.78, 5) is 21.7. The van der Waals surface area contributed by atoms with Gasteiger partial charge in [-0.05, 0) is 18.4 Å². The van der Waals surface area contributed by atoms with Crippen molar-refractivity contribution < 1.29 is 19.4 Å². The maximum Gasteiger partial charge on any atom is 0.303 e. The van der Waals surface area contributed by atoms with Crippen LogP contribution >= 0.6 is 0 Å². The number of hydrogen-bond donors (Lipinski definition) is 1. The van der Waals surface area contributed by atoms with Gasteiger partial charge in [0.1, 0.15) is 5.78 Å². The van der Waals surface area contributed by atoms with Gasteiger partial charge in [0.2, 0.25) is 0 Å². The third-order valence-corrected chi connectivity index (χ3v) is 2.70. The molecule has 0 aromatic heterocycles. The van der Waals surface area contributed by atoms with Crippen molar-refractivity contribution in [3.63, 3.8) is 0 Å². The lowest BCUT2D eigenvalue weighted by atomic mass is 10.1. The Balaban J connectivity index is 1.98. The van der Waals surface area contributed by atoms with E-state index in [1.54, 1.807) is 0 Å². The normalized spacial score (nSPS) is 10.3. The highest BCUT2D eigenvalue weighted by Crippen LogP contribution is 2.04. The maximum atomic E-state index is 11.4. The molecule has 0 radical (unpaired) electrons. The van der Waals surface area contributed by atoms with E-state index >= 15 is 0 Å². The molecule has 0 saturated heterocycles. The molecule has 4 nitrogen and oxygen atoms in total. The molecular weight excluding hydrogens is 244 g/mol. The number of ketones is 1. The molecule has 0 atom stereocenters. The summed E-state index contributed by atoms with van der Waals surface area (Å²) in [6.45, 7) is 1.12. The molecule has 1 N–H and O–H groups in total. The van der Waals surface area contributed by atoms with Gasteiger partial charge in [-0.1, -0.05) is 30.3 Å². The fourth-order valence-electron chi connectivity index (χ4n) is 1.70. The predicted molar refractivity (Wildman–Crippen MR) is 71.8 cm³/mol. The number of carboxylic acids is 1. The summed E-state index contributed by atoms with van der Waals surface area (Å²) in [6.07, 6.45) is 2.01. The van der Waals surface area contributed by atoms with Gasteiger partial charge in [0.25, 0.3) is 0 Å². The van der Waals surface area contributed by atoms with Gasteiger partial charge in [-0.25, -0.2) is 0 Å². The summed E-state index contributed by atoms with van der Waals surface area (Å²) in [5.74, 6) is -0.733. The molecule has 0 unspecified atom stereocenters. The molecule has 0 aliphatic carbocycles. The van der Waals surface area contributed by atoms with Crippen LogP contribution in [0.4, 0.5) is 0 Å². The van der Waals surface area contributed by atoms with Gasteiger partial charge in [0.05, 0.1) is 6.61 Å². The van der Waals surface area contributed by atoms with E-state index in [0.29, 0.717) is 38.9 Å². The third kappa shape index (κ3) is 8.11. The zero-order valence-electron chi connectivity index (χ0n) is 11.0. The van der Waals surface area contributed by atoms with Crippen LogP contribution in [0.3, 0.4) is 0 Å². The van der Waals surface area contributed by atoms with Gasteiger partial charge >= 0.3 is 5.97 Å². The first-order valence-corrected chi connectivity index (χ1v) is 6.53. The maximum absolute atomic E-state index is 11.4. The lowest BCUT2D eigenvalue weighted by molar-refractivity contribution is -0.137. The molecule has 0 aliphatic rings. The minimum absolute atomic E-state index is 0.0657. The first-order chi connectivity index (χ1) is 9.18. The van der Waals surface area contributed by atoms with Gasteiger partial charge in [-0.2, -0.15) is 0 Å². The summed E-state index contributed by atoms with van der Waals surface area (Å²) in [5.41, 5.74) is 1.12. The van der Waals surface area contributed by atoms with Gasteiger partial charge in [-0.3, -0.25) is 9.59 Å². The Hall–Kier alpha value is -1.68. The van der Waals surface area contributed by atoms with Gasteiger partial charge in [0.15, 0.2) is 0 Å². The average molecular weight is 264 g/mol. The Morgan fingerprint density at radius 3 is 2.37 bits per heavy atom. The van der Waals surface area contributed by atoms with Crippen LogP contribution in [-0.2, 0) is 20.9 Å². The number of rotatable bonds is 10. The van der Waals surface area contributed by atoms with Crippen molar-refractivity contribution in [3.05, 3.63) is 35.9 Å². The third-order valence-electron chi connectivity index (χ3n) is 2.70. The minimum Gasteiger partial charge on any atom is -0.481 e. The molecular formula is C15H20O4. The van der Waals surface area contributed by atoms with E-state index in [2.05, 4.69) is 0 Å². The Bertz CT molecular complexity index is 386. The smallest absolute Gasteiger partial charge is 0.303 e. The van der Waals surface area contributed by atoms with E-state index in [1.807, 2.05) is 30.3 Å². The second-order valence-electron chi connectivity index (χ2n) is 4.43. The van der Waals surface area contributed by atoms with Gasteiger partial charge < -0.3 is 9.84 Å². The molecule has 1 aromatic carbocycles. The van der Waals surface area contributed by atoms with Crippen molar-refractivity contribution in [2.45, 2.75) is 38.7 Å². The van der Waals surface area contributed by atoms with Crippen LogP contribution in [0.5, 0.6) is 0 Å². The van der Waals surface area contributed by atoms with Crippen LogP contribution < -0.4 is 0 Å². The lowest BCUT2D eigenvalue weighted by Gasteiger charge is -2.04. The Morgan fingerprint density at radius 1 is 1.00 bits per heavy atom. The zero-order chi connectivity index (χ0) is 13.9. The van der Waals surface area contributed by atoms with E-state index in [0.717, 1.165) is 5.56 Å². The van der Waals surface area contributed by atoms with Crippen LogP contribution in [0.25, 0.3) is 0 Å². The van der Waals surface area contributed by atoms with E-state index in [9.17, 15) is 9.59 Å². The minimum atomic E-state index is -0.848. The highest BCUT2D eigenvalue weighted by atomic mass is 16.5. The molecule has 0 bridgehead atoms. The number of carbonyl (C=O) groups excluding carboxylic acids is 1. The first-order valence-electron chi connectivity index (χ1n) is 6.53. The van der Waals surface area contributed by atoms with Crippen molar-refractivity contribution in [2.24, 2.45) is 0 Å². The van der Waals surface area contributed by atoms with Crippen LogP contribution in [0.2, 0.25) is 0 Å². The molecule has 104 valence electrons. The second kappa shape index (κ2) is 9.28. The van der Waals surface area contributed by atoms with Crippen molar-refractivity contribution >= 4 is 11.8 Å².